The first-order valence-electron chi connectivity index (χ1n) is 15.0. The maximum atomic E-state index is 12.8. The fourth-order valence-electron chi connectivity index (χ4n) is 9.86. The fraction of sp³-hybridized carbons (Fsp3) is 0.933. The molecule has 0 radical (unpaired) electrons. The molecule has 4 aliphatic carbocycles. The van der Waals surface area contributed by atoms with Crippen LogP contribution in [0.2, 0.25) is 0 Å². The van der Waals surface area contributed by atoms with Crippen LogP contribution in [0.3, 0.4) is 0 Å². The number of amides is 1. The average molecular weight is 537 g/mol. The van der Waals surface area contributed by atoms with Gasteiger partial charge >= 0.3 is 0 Å². The lowest BCUT2D eigenvalue weighted by Gasteiger charge is -2.60. The van der Waals surface area contributed by atoms with Gasteiger partial charge in [0.15, 0.2) is 0 Å². The molecule has 0 heterocycles. The van der Waals surface area contributed by atoms with Crippen molar-refractivity contribution in [3.8, 4) is 0 Å². The molecule has 4 rings (SSSR count). The minimum absolute atomic E-state index is 0.136. The van der Waals surface area contributed by atoms with Gasteiger partial charge in [-0.25, -0.2) is 8.42 Å². The lowest BCUT2D eigenvalue weighted by Crippen LogP contribution is -2.53. The highest BCUT2D eigenvalue weighted by Gasteiger charge is 2.60. The Bertz CT molecular complexity index is 963. The molecule has 0 aromatic heterocycles. The van der Waals surface area contributed by atoms with Crippen LogP contribution in [0.25, 0.3) is 0 Å². The second kappa shape index (κ2) is 10.9. The quantitative estimate of drug-likeness (QED) is 0.380. The SMILES string of the molecule is CC(C)C[C@@H](CS(=O)(=O)[O-])NC(=O)CC[C@@H](C)[C@H]1CC[C@H]2[C@@H]3CC[C@@H]4CC(=O)CC[C@]4(C)[C@H]3CC[C@]12C. The number of fused-ring (bicyclic) bond motifs is 5. The molecule has 0 saturated heterocycles. The predicted octanol–water partition coefficient (Wildman–Crippen LogP) is 5.71. The summed E-state index contributed by atoms with van der Waals surface area (Å²) < 4.78 is 33.9. The average Bonchev–Trinajstić information content (AvgIpc) is 3.13. The van der Waals surface area contributed by atoms with E-state index < -0.39 is 21.9 Å². The van der Waals surface area contributed by atoms with Crippen LogP contribution in [-0.4, -0.2) is 36.5 Å². The van der Waals surface area contributed by atoms with Gasteiger partial charge < -0.3 is 9.87 Å². The lowest BCUT2D eigenvalue weighted by molar-refractivity contribution is -0.140. The Morgan fingerprint density at radius 3 is 2.41 bits per heavy atom. The molecule has 7 heteroatoms. The van der Waals surface area contributed by atoms with Crippen LogP contribution in [0.4, 0.5) is 0 Å². The van der Waals surface area contributed by atoms with E-state index in [9.17, 15) is 22.6 Å². The van der Waals surface area contributed by atoms with Crippen LogP contribution in [0.1, 0.15) is 112 Å². The van der Waals surface area contributed by atoms with Gasteiger partial charge in [0.1, 0.15) is 5.78 Å². The molecule has 4 saturated carbocycles. The monoisotopic (exact) mass is 536 g/mol. The Morgan fingerprint density at radius 2 is 1.73 bits per heavy atom. The second-order valence-electron chi connectivity index (χ2n) is 14.3. The Kier molecular flexibility index (Phi) is 8.56. The van der Waals surface area contributed by atoms with Gasteiger partial charge in [-0.2, -0.15) is 0 Å². The third kappa shape index (κ3) is 6.13. The molecule has 0 aromatic rings. The van der Waals surface area contributed by atoms with Crippen molar-refractivity contribution in [1.29, 1.82) is 0 Å². The van der Waals surface area contributed by atoms with Crippen molar-refractivity contribution in [2.24, 2.45) is 52.3 Å². The summed E-state index contributed by atoms with van der Waals surface area (Å²) >= 11 is 0. The molecule has 37 heavy (non-hydrogen) atoms. The van der Waals surface area contributed by atoms with Gasteiger partial charge in [0.2, 0.25) is 5.91 Å². The van der Waals surface area contributed by atoms with E-state index in [4.69, 9.17) is 0 Å². The molecule has 0 unspecified atom stereocenters. The number of carbonyl (C=O) groups excluding carboxylic acids is 2. The largest absolute Gasteiger partial charge is 0.748 e. The molecule has 1 N–H and O–H groups in total. The summed E-state index contributed by atoms with van der Waals surface area (Å²) in [7, 11) is -4.39. The van der Waals surface area contributed by atoms with Crippen LogP contribution in [0, 0.1) is 52.3 Å². The van der Waals surface area contributed by atoms with Gasteiger partial charge in [0.05, 0.1) is 15.9 Å². The standard InChI is InChI=1S/C30H51NO5S/c1-19(2)16-22(18-37(34,35)36)31-28(33)11-6-20(3)25-9-10-26-24-8-7-21-17-23(32)12-14-29(21,4)27(24)13-15-30(25,26)5/h19-22,24-27H,6-18H2,1-5H3,(H,31,33)(H,34,35,36)/p-1/t20-,21-,22+,24+,25-,26+,27+,29+,30-/m1/s1. The molecule has 212 valence electrons. The smallest absolute Gasteiger partial charge is 0.220 e. The van der Waals surface area contributed by atoms with Crippen LogP contribution < -0.4 is 5.32 Å². The highest BCUT2D eigenvalue weighted by molar-refractivity contribution is 7.85. The number of rotatable bonds is 9. The van der Waals surface area contributed by atoms with Gasteiger partial charge in [-0.1, -0.05) is 34.6 Å². The minimum atomic E-state index is -4.39. The van der Waals surface area contributed by atoms with E-state index in [1.165, 1.54) is 38.5 Å². The lowest BCUT2D eigenvalue weighted by atomic mass is 9.44. The van der Waals surface area contributed by atoms with E-state index in [0.717, 1.165) is 43.4 Å². The Hall–Kier alpha value is -0.950. The third-order valence-corrected chi connectivity index (χ3v) is 12.4. The van der Waals surface area contributed by atoms with Gasteiger partial charge in [0.25, 0.3) is 0 Å². The maximum Gasteiger partial charge on any atom is 0.220 e. The van der Waals surface area contributed by atoms with Crippen molar-refractivity contribution in [2.75, 3.05) is 5.75 Å². The number of carbonyl (C=O) groups is 2. The molecule has 9 atom stereocenters. The first-order valence-corrected chi connectivity index (χ1v) is 16.5. The van der Waals surface area contributed by atoms with Crippen LogP contribution in [0.15, 0.2) is 0 Å². The van der Waals surface area contributed by atoms with E-state index in [1.54, 1.807) is 0 Å². The molecular formula is C30H50NO5S-. The summed E-state index contributed by atoms with van der Waals surface area (Å²) in [6.45, 7) is 11.3. The van der Waals surface area contributed by atoms with Gasteiger partial charge in [-0.05, 0) is 110 Å². The minimum Gasteiger partial charge on any atom is -0.748 e. The van der Waals surface area contributed by atoms with Crippen LogP contribution in [-0.2, 0) is 19.7 Å². The van der Waals surface area contributed by atoms with Crippen molar-refractivity contribution < 1.29 is 22.6 Å². The Labute approximate surface area is 225 Å². The molecule has 0 bridgehead atoms. The number of Topliss-reactive ketones (excluding diaryl/α,β-unsaturated/α-hetero) is 1. The van der Waals surface area contributed by atoms with Crippen molar-refractivity contribution in [3.63, 3.8) is 0 Å². The van der Waals surface area contributed by atoms with E-state index in [0.29, 0.717) is 47.2 Å². The normalized spacial score (nSPS) is 39.4. The molecule has 4 fully saturated rings. The van der Waals surface area contributed by atoms with Crippen molar-refractivity contribution in [1.82, 2.24) is 5.32 Å². The summed E-state index contributed by atoms with van der Waals surface area (Å²) in [5, 5.41) is 2.85. The Balaban J connectivity index is 1.36. The molecule has 0 aromatic carbocycles. The topological polar surface area (TPSA) is 103 Å². The van der Waals surface area contributed by atoms with Gasteiger partial charge in [0, 0.05) is 25.3 Å². The zero-order chi connectivity index (χ0) is 27.2. The van der Waals surface area contributed by atoms with Gasteiger partial charge in [-0.15, -0.1) is 0 Å². The molecule has 1 amide bonds. The highest BCUT2D eigenvalue weighted by Crippen LogP contribution is 2.68. The summed E-state index contributed by atoms with van der Waals surface area (Å²) in [5.41, 5.74) is 0.658. The zero-order valence-electron chi connectivity index (χ0n) is 23.8. The number of nitrogens with one attached hydrogen (secondary N) is 1. The van der Waals surface area contributed by atoms with Crippen molar-refractivity contribution in [2.45, 2.75) is 118 Å². The number of ketones is 1. The second-order valence-corrected chi connectivity index (χ2v) is 15.7. The fourth-order valence-corrected chi connectivity index (χ4v) is 10.6. The summed E-state index contributed by atoms with van der Waals surface area (Å²) in [4.78, 5) is 24.9. The molecule has 4 aliphatic rings. The van der Waals surface area contributed by atoms with Gasteiger partial charge in [-0.3, -0.25) is 9.59 Å². The van der Waals surface area contributed by atoms with Crippen LogP contribution >= 0.6 is 0 Å². The maximum absolute atomic E-state index is 12.8. The summed E-state index contributed by atoms with van der Waals surface area (Å²) in [5.74, 6) is 3.92. The van der Waals surface area contributed by atoms with E-state index in [1.807, 2.05) is 13.8 Å². The number of hydrogen-bond donors (Lipinski definition) is 1. The Morgan fingerprint density at radius 1 is 1.03 bits per heavy atom. The molecule has 6 nitrogen and oxygen atoms in total. The van der Waals surface area contributed by atoms with Crippen LogP contribution in [0.5, 0.6) is 0 Å². The molecular weight excluding hydrogens is 486 g/mol. The van der Waals surface area contributed by atoms with E-state index >= 15 is 0 Å². The first-order chi connectivity index (χ1) is 17.2. The van der Waals surface area contributed by atoms with Crippen molar-refractivity contribution in [3.05, 3.63) is 0 Å². The third-order valence-electron chi connectivity index (χ3n) is 11.6. The highest BCUT2D eigenvalue weighted by atomic mass is 32.2. The number of hydrogen-bond acceptors (Lipinski definition) is 5. The summed E-state index contributed by atoms with van der Waals surface area (Å²) in [6.07, 6.45) is 11.9. The van der Waals surface area contributed by atoms with E-state index in [2.05, 4.69) is 26.1 Å². The van der Waals surface area contributed by atoms with Crippen molar-refractivity contribution >= 4 is 21.8 Å². The predicted molar refractivity (Wildman–Crippen MR) is 145 cm³/mol. The summed E-state index contributed by atoms with van der Waals surface area (Å²) in [6, 6.07) is -0.611. The van der Waals surface area contributed by atoms with E-state index in [-0.39, 0.29) is 11.8 Å². The first kappa shape index (κ1) is 29.0. The molecule has 0 aliphatic heterocycles. The zero-order valence-corrected chi connectivity index (χ0v) is 24.6. The molecule has 0 spiro atoms.